The molecule has 0 atom stereocenters. The Morgan fingerprint density at radius 1 is 1.23 bits per heavy atom. The predicted octanol–water partition coefficient (Wildman–Crippen LogP) is 2.26. The molecule has 1 N–H and O–H groups in total. The topological polar surface area (TPSA) is 64.7 Å². The molecule has 5 nitrogen and oxygen atoms in total. The van der Waals surface area contributed by atoms with Gasteiger partial charge in [-0.3, -0.25) is 0 Å². The van der Waals surface area contributed by atoms with Crippen molar-refractivity contribution in [2.24, 2.45) is 0 Å². The van der Waals surface area contributed by atoms with Gasteiger partial charge in [-0.15, -0.1) is 0 Å². The number of aryl methyl sites for hydroxylation is 2. The fourth-order valence-corrected chi connectivity index (χ4v) is 2.05. The molecule has 0 bridgehead atoms. The first kappa shape index (κ1) is 16.8. The first-order chi connectivity index (χ1) is 10.1. The highest BCUT2D eigenvalue weighted by molar-refractivity contribution is 6.49. The van der Waals surface area contributed by atoms with E-state index < -0.39 is 11.2 Å². The molecule has 0 fully saturated rings. The molecule has 1 heterocycles. The van der Waals surface area contributed by atoms with Crippen LogP contribution < -0.4 is 10.2 Å². The molecular formula is C16H23BNO4. The summed E-state index contributed by atoms with van der Waals surface area (Å²) in [5.41, 5.74) is 1.38. The Morgan fingerprint density at radius 2 is 1.86 bits per heavy atom. The van der Waals surface area contributed by atoms with Gasteiger partial charge in [0.25, 0.3) is 0 Å². The maximum absolute atomic E-state index is 10.2. The zero-order valence-electron chi connectivity index (χ0n) is 14.3. The Hall–Kier alpha value is -1.53. The lowest BCUT2D eigenvalue weighted by molar-refractivity contribution is -0.0893. The van der Waals surface area contributed by atoms with Crippen LogP contribution in [-0.4, -0.2) is 35.9 Å². The van der Waals surface area contributed by atoms with Crippen LogP contribution in [0.15, 0.2) is 10.5 Å². The van der Waals surface area contributed by atoms with Gasteiger partial charge in [-0.25, -0.2) is 4.98 Å². The van der Waals surface area contributed by atoms with Crippen molar-refractivity contribution in [2.45, 2.75) is 52.7 Å². The van der Waals surface area contributed by atoms with Crippen molar-refractivity contribution in [3.05, 3.63) is 17.5 Å². The average molecular weight is 304 g/mol. The number of aromatic nitrogens is 1. The van der Waals surface area contributed by atoms with E-state index in [1.54, 1.807) is 28.4 Å². The summed E-state index contributed by atoms with van der Waals surface area (Å²) in [4.78, 5) is 4.37. The van der Waals surface area contributed by atoms with E-state index in [1.165, 1.54) is 0 Å². The SMILES string of the molecule is COc1c([B]OC(C)(C)C(C)(C)O)cc2oc(C)nc2c1C. The summed E-state index contributed by atoms with van der Waals surface area (Å²) in [7, 11) is 3.21. The molecule has 119 valence electrons. The fourth-order valence-electron chi connectivity index (χ4n) is 2.05. The number of nitrogens with zero attached hydrogens (tertiary/aromatic N) is 1. The lowest BCUT2D eigenvalue weighted by atomic mass is 9.81. The number of fused-ring (bicyclic) bond motifs is 1. The molecule has 0 aliphatic carbocycles. The van der Waals surface area contributed by atoms with E-state index >= 15 is 0 Å². The summed E-state index contributed by atoms with van der Waals surface area (Å²) >= 11 is 0. The summed E-state index contributed by atoms with van der Waals surface area (Å²) in [6, 6.07) is 1.83. The van der Waals surface area contributed by atoms with Gasteiger partial charge in [0.15, 0.2) is 11.5 Å². The summed E-state index contributed by atoms with van der Waals surface area (Å²) in [6.45, 7) is 10.8. The van der Waals surface area contributed by atoms with Crippen LogP contribution in [-0.2, 0) is 4.65 Å². The molecule has 0 amide bonds. The molecule has 1 aromatic heterocycles. The minimum absolute atomic E-state index is 0.607. The standard InChI is InChI=1S/C16H23BNO4/c1-9-13-12(21-10(2)18-13)8-11(14(9)20-7)17-22-16(5,6)15(3,4)19/h8,19H,1-7H3. The molecule has 2 rings (SSSR count). The maximum Gasteiger partial charge on any atom is 0.334 e. The molecule has 0 spiro atoms. The molecule has 1 radical (unpaired) electrons. The monoisotopic (exact) mass is 304 g/mol. The smallest absolute Gasteiger partial charge is 0.334 e. The van der Waals surface area contributed by atoms with Crippen LogP contribution in [0.3, 0.4) is 0 Å². The second-order valence-corrected chi connectivity index (χ2v) is 6.51. The normalized spacial score (nSPS) is 12.7. The van der Waals surface area contributed by atoms with Crippen LogP contribution >= 0.6 is 0 Å². The highest BCUT2D eigenvalue weighted by Gasteiger charge is 2.36. The summed E-state index contributed by atoms with van der Waals surface area (Å²) in [5.74, 6) is 1.29. The Kier molecular flexibility index (Phi) is 4.28. The van der Waals surface area contributed by atoms with Gasteiger partial charge in [0, 0.05) is 12.5 Å². The predicted molar refractivity (Wildman–Crippen MR) is 86.9 cm³/mol. The van der Waals surface area contributed by atoms with Gasteiger partial charge < -0.3 is 18.9 Å². The number of hydrogen-bond donors (Lipinski definition) is 1. The highest BCUT2D eigenvalue weighted by Crippen LogP contribution is 2.27. The van der Waals surface area contributed by atoms with Gasteiger partial charge in [0.05, 0.1) is 18.3 Å². The van der Waals surface area contributed by atoms with E-state index in [9.17, 15) is 5.11 Å². The molecule has 2 aromatic rings. The van der Waals surface area contributed by atoms with Crippen molar-refractivity contribution in [1.82, 2.24) is 4.98 Å². The molecule has 0 aliphatic rings. The third kappa shape index (κ3) is 2.98. The van der Waals surface area contributed by atoms with Crippen LogP contribution in [0.25, 0.3) is 11.1 Å². The zero-order chi connectivity index (χ0) is 16.7. The van der Waals surface area contributed by atoms with E-state index in [0.29, 0.717) is 17.2 Å². The third-order valence-corrected chi connectivity index (χ3v) is 4.16. The van der Waals surface area contributed by atoms with Crippen molar-refractivity contribution in [3.8, 4) is 5.75 Å². The quantitative estimate of drug-likeness (QED) is 0.858. The first-order valence-electron chi connectivity index (χ1n) is 7.25. The number of benzene rings is 1. The molecule has 1 aromatic carbocycles. The largest absolute Gasteiger partial charge is 0.497 e. The zero-order valence-corrected chi connectivity index (χ0v) is 14.3. The van der Waals surface area contributed by atoms with Crippen LogP contribution in [0.2, 0.25) is 0 Å². The second kappa shape index (κ2) is 5.59. The molecule has 0 saturated carbocycles. The third-order valence-electron chi connectivity index (χ3n) is 4.16. The molecule has 0 saturated heterocycles. The highest BCUT2D eigenvalue weighted by atomic mass is 16.5. The number of rotatable bonds is 5. The lowest BCUT2D eigenvalue weighted by Crippen LogP contribution is -2.49. The minimum Gasteiger partial charge on any atom is -0.497 e. The van der Waals surface area contributed by atoms with Gasteiger partial charge in [0.2, 0.25) is 0 Å². The second-order valence-electron chi connectivity index (χ2n) is 6.51. The van der Waals surface area contributed by atoms with Crippen molar-refractivity contribution in [2.75, 3.05) is 7.11 Å². The summed E-state index contributed by atoms with van der Waals surface area (Å²) in [6.07, 6.45) is 0. The van der Waals surface area contributed by atoms with E-state index in [1.807, 2.05) is 33.8 Å². The van der Waals surface area contributed by atoms with Crippen molar-refractivity contribution in [1.29, 1.82) is 0 Å². The first-order valence-corrected chi connectivity index (χ1v) is 7.25. The van der Waals surface area contributed by atoms with Gasteiger partial charge >= 0.3 is 7.48 Å². The van der Waals surface area contributed by atoms with Crippen LogP contribution in [0.5, 0.6) is 5.75 Å². The van der Waals surface area contributed by atoms with Gasteiger partial charge in [0.1, 0.15) is 11.3 Å². The molecule has 0 unspecified atom stereocenters. The number of methoxy groups -OCH3 is 1. The van der Waals surface area contributed by atoms with E-state index in [0.717, 1.165) is 16.5 Å². The number of hydrogen-bond acceptors (Lipinski definition) is 5. The van der Waals surface area contributed by atoms with Crippen LogP contribution in [0.4, 0.5) is 0 Å². The van der Waals surface area contributed by atoms with Gasteiger partial charge in [-0.2, -0.15) is 0 Å². The van der Waals surface area contributed by atoms with E-state index in [4.69, 9.17) is 13.8 Å². The molecular weight excluding hydrogens is 281 g/mol. The Labute approximate surface area is 131 Å². The molecule has 6 heteroatoms. The summed E-state index contributed by atoms with van der Waals surface area (Å²) in [5, 5.41) is 10.2. The maximum atomic E-state index is 10.2. The molecule has 22 heavy (non-hydrogen) atoms. The van der Waals surface area contributed by atoms with Crippen molar-refractivity contribution < 1.29 is 18.9 Å². The molecule has 0 aliphatic heterocycles. The lowest BCUT2D eigenvalue weighted by Gasteiger charge is -2.37. The van der Waals surface area contributed by atoms with Gasteiger partial charge in [-0.1, -0.05) is 0 Å². The number of aliphatic hydroxyl groups is 1. The average Bonchev–Trinajstić information content (AvgIpc) is 2.76. The summed E-state index contributed by atoms with van der Waals surface area (Å²) < 4.78 is 16.9. The van der Waals surface area contributed by atoms with E-state index in [-0.39, 0.29) is 0 Å². The fraction of sp³-hybridized carbons (Fsp3) is 0.562. The van der Waals surface area contributed by atoms with Crippen molar-refractivity contribution in [3.63, 3.8) is 0 Å². The van der Waals surface area contributed by atoms with Crippen LogP contribution in [0, 0.1) is 13.8 Å². The Morgan fingerprint density at radius 3 is 2.41 bits per heavy atom. The van der Waals surface area contributed by atoms with Gasteiger partial charge in [-0.05, 0) is 46.1 Å². The Balaban J connectivity index is 2.39. The van der Waals surface area contributed by atoms with E-state index in [2.05, 4.69) is 4.98 Å². The van der Waals surface area contributed by atoms with Crippen LogP contribution in [0.1, 0.15) is 39.1 Å². The number of oxazole rings is 1. The minimum atomic E-state index is -0.987. The Bertz CT molecular complexity index is 685. The van der Waals surface area contributed by atoms with Crippen molar-refractivity contribution >= 4 is 24.0 Å². The number of ether oxygens (including phenoxy) is 1.